The average molecular weight is 306 g/mol. The molecule has 0 spiro atoms. The maximum Gasteiger partial charge on any atom is 0.275 e. The van der Waals surface area contributed by atoms with Crippen molar-refractivity contribution < 1.29 is 4.92 Å². The number of nitro benzene ring substituents is 1. The van der Waals surface area contributed by atoms with Gasteiger partial charge in [-0.25, -0.2) is 0 Å². The van der Waals surface area contributed by atoms with Gasteiger partial charge in [0, 0.05) is 35.1 Å². The molecule has 3 rings (SSSR count). The third kappa shape index (κ3) is 3.09. The Labute approximate surface area is 127 Å². The zero-order valence-corrected chi connectivity index (χ0v) is 12.2. The van der Waals surface area contributed by atoms with E-state index in [1.165, 1.54) is 18.9 Å². The van der Waals surface area contributed by atoms with Crippen molar-refractivity contribution in [1.29, 1.82) is 0 Å². The molecule has 0 aliphatic heterocycles. The van der Waals surface area contributed by atoms with E-state index in [-0.39, 0.29) is 11.7 Å². The predicted molar refractivity (Wildman–Crippen MR) is 81.3 cm³/mol. The molecule has 6 heteroatoms. The standard InChI is InChI=1S/C15H16ClN3O2/c16-13-4-3-11(14(7-13)19(20)21)8-18-6-5-12(9-18)15(17)10-1-2-10/h3-7,9-10,15H,1-2,8,17H2. The SMILES string of the molecule is NC(c1ccn(Cc2ccc(Cl)cc2[N+](=O)[O-])c1)C1CC1. The lowest BCUT2D eigenvalue weighted by Gasteiger charge is -2.08. The van der Waals surface area contributed by atoms with E-state index in [1.54, 1.807) is 12.1 Å². The summed E-state index contributed by atoms with van der Waals surface area (Å²) in [6.45, 7) is 0.435. The van der Waals surface area contributed by atoms with E-state index in [1.807, 2.05) is 23.0 Å². The van der Waals surface area contributed by atoms with Crippen molar-refractivity contribution in [3.8, 4) is 0 Å². The van der Waals surface area contributed by atoms with Gasteiger partial charge in [0.1, 0.15) is 0 Å². The Kier molecular flexibility index (Phi) is 3.69. The van der Waals surface area contributed by atoms with Crippen molar-refractivity contribution in [3.63, 3.8) is 0 Å². The van der Waals surface area contributed by atoms with Gasteiger partial charge < -0.3 is 10.3 Å². The predicted octanol–water partition coefficient (Wildman–Crippen LogP) is 3.51. The summed E-state index contributed by atoms with van der Waals surface area (Å²) in [7, 11) is 0. The highest BCUT2D eigenvalue weighted by molar-refractivity contribution is 6.30. The summed E-state index contributed by atoms with van der Waals surface area (Å²) in [6, 6.07) is 6.82. The van der Waals surface area contributed by atoms with Crippen LogP contribution in [0, 0.1) is 16.0 Å². The van der Waals surface area contributed by atoms with Gasteiger partial charge in [-0.2, -0.15) is 0 Å². The Bertz CT molecular complexity index is 679. The number of hydrogen-bond acceptors (Lipinski definition) is 3. The van der Waals surface area contributed by atoms with Gasteiger partial charge in [-0.15, -0.1) is 0 Å². The summed E-state index contributed by atoms with van der Waals surface area (Å²) >= 11 is 5.82. The first kappa shape index (κ1) is 14.1. The quantitative estimate of drug-likeness (QED) is 0.678. The van der Waals surface area contributed by atoms with Crippen LogP contribution in [0.5, 0.6) is 0 Å². The molecule has 1 heterocycles. The Hall–Kier alpha value is -1.85. The van der Waals surface area contributed by atoms with Gasteiger partial charge in [0.2, 0.25) is 0 Å². The molecule has 1 aromatic carbocycles. The normalized spacial score (nSPS) is 15.9. The molecule has 1 aliphatic rings. The summed E-state index contributed by atoms with van der Waals surface area (Å²) in [4.78, 5) is 10.7. The first-order chi connectivity index (χ1) is 10.0. The summed E-state index contributed by atoms with van der Waals surface area (Å²) in [5.74, 6) is 0.589. The number of benzene rings is 1. The van der Waals surface area contributed by atoms with Crippen molar-refractivity contribution in [1.82, 2.24) is 4.57 Å². The van der Waals surface area contributed by atoms with Crippen molar-refractivity contribution in [2.24, 2.45) is 11.7 Å². The number of nitrogens with two attached hydrogens (primary N) is 1. The molecular weight excluding hydrogens is 290 g/mol. The molecule has 1 aliphatic carbocycles. The van der Waals surface area contributed by atoms with E-state index in [0.717, 1.165) is 5.56 Å². The van der Waals surface area contributed by atoms with E-state index in [0.29, 0.717) is 23.0 Å². The van der Waals surface area contributed by atoms with Gasteiger partial charge in [-0.05, 0) is 42.5 Å². The number of rotatable bonds is 5. The highest BCUT2D eigenvalue weighted by Crippen LogP contribution is 2.39. The minimum Gasteiger partial charge on any atom is -0.349 e. The Morgan fingerprint density at radius 2 is 2.19 bits per heavy atom. The summed E-state index contributed by atoms with van der Waals surface area (Å²) in [5.41, 5.74) is 7.93. The second-order valence-corrected chi connectivity index (χ2v) is 5.95. The second kappa shape index (κ2) is 5.50. The molecule has 21 heavy (non-hydrogen) atoms. The van der Waals surface area contributed by atoms with Crippen molar-refractivity contribution >= 4 is 17.3 Å². The molecule has 1 saturated carbocycles. The second-order valence-electron chi connectivity index (χ2n) is 5.51. The van der Waals surface area contributed by atoms with Crippen LogP contribution < -0.4 is 5.73 Å². The van der Waals surface area contributed by atoms with E-state index < -0.39 is 4.92 Å². The summed E-state index contributed by atoms with van der Waals surface area (Å²) in [5, 5.41) is 11.5. The number of nitrogens with zero attached hydrogens (tertiary/aromatic N) is 2. The van der Waals surface area contributed by atoms with Gasteiger partial charge in [0.15, 0.2) is 0 Å². The van der Waals surface area contributed by atoms with E-state index in [9.17, 15) is 10.1 Å². The van der Waals surface area contributed by atoms with Crippen LogP contribution in [0.15, 0.2) is 36.7 Å². The average Bonchev–Trinajstić information content (AvgIpc) is 3.20. The minimum atomic E-state index is -0.401. The summed E-state index contributed by atoms with van der Waals surface area (Å²) < 4.78 is 1.92. The van der Waals surface area contributed by atoms with Crippen LogP contribution in [0.3, 0.4) is 0 Å². The van der Waals surface area contributed by atoms with Crippen molar-refractivity contribution in [2.75, 3.05) is 0 Å². The first-order valence-electron chi connectivity index (χ1n) is 6.88. The fourth-order valence-electron chi connectivity index (χ4n) is 2.52. The van der Waals surface area contributed by atoms with Crippen LogP contribution in [0.4, 0.5) is 5.69 Å². The van der Waals surface area contributed by atoms with Gasteiger partial charge in [0.25, 0.3) is 5.69 Å². The van der Waals surface area contributed by atoms with Crippen LogP contribution in [-0.4, -0.2) is 9.49 Å². The van der Waals surface area contributed by atoms with Gasteiger partial charge in [0.05, 0.1) is 11.5 Å². The molecule has 2 N–H and O–H groups in total. The molecular formula is C15H16ClN3O2. The molecule has 2 aromatic rings. The Morgan fingerprint density at radius 3 is 2.86 bits per heavy atom. The molecule has 5 nitrogen and oxygen atoms in total. The zero-order valence-electron chi connectivity index (χ0n) is 11.4. The lowest BCUT2D eigenvalue weighted by atomic mass is 10.1. The highest BCUT2D eigenvalue weighted by Gasteiger charge is 2.29. The lowest BCUT2D eigenvalue weighted by molar-refractivity contribution is -0.385. The van der Waals surface area contributed by atoms with E-state index in [2.05, 4.69) is 0 Å². The molecule has 0 saturated heterocycles. The number of aromatic nitrogens is 1. The van der Waals surface area contributed by atoms with Gasteiger partial charge in [-0.3, -0.25) is 10.1 Å². The fourth-order valence-corrected chi connectivity index (χ4v) is 2.69. The third-order valence-corrected chi connectivity index (χ3v) is 4.12. The molecule has 110 valence electrons. The van der Waals surface area contributed by atoms with Crippen LogP contribution in [-0.2, 0) is 6.54 Å². The maximum absolute atomic E-state index is 11.1. The number of halogens is 1. The van der Waals surface area contributed by atoms with E-state index >= 15 is 0 Å². The van der Waals surface area contributed by atoms with Crippen molar-refractivity contribution in [2.45, 2.75) is 25.4 Å². The molecule has 1 atom stereocenters. The van der Waals surface area contributed by atoms with Gasteiger partial charge in [-0.1, -0.05) is 11.6 Å². The molecule has 1 fully saturated rings. The lowest BCUT2D eigenvalue weighted by Crippen LogP contribution is -2.11. The van der Waals surface area contributed by atoms with Gasteiger partial charge >= 0.3 is 0 Å². The first-order valence-corrected chi connectivity index (χ1v) is 7.26. The van der Waals surface area contributed by atoms with Crippen LogP contribution in [0.1, 0.15) is 30.0 Å². The molecule has 1 aromatic heterocycles. The van der Waals surface area contributed by atoms with E-state index in [4.69, 9.17) is 17.3 Å². The fraction of sp³-hybridized carbons (Fsp3) is 0.333. The monoisotopic (exact) mass is 305 g/mol. The van der Waals surface area contributed by atoms with Crippen LogP contribution >= 0.6 is 11.6 Å². The highest BCUT2D eigenvalue weighted by atomic mass is 35.5. The number of nitro groups is 1. The molecule has 0 amide bonds. The van der Waals surface area contributed by atoms with Crippen LogP contribution in [0.25, 0.3) is 0 Å². The largest absolute Gasteiger partial charge is 0.349 e. The number of hydrogen-bond donors (Lipinski definition) is 1. The van der Waals surface area contributed by atoms with Crippen LogP contribution in [0.2, 0.25) is 5.02 Å². The Morgan fingerprint density at radius 1 is 1.43 bits per heavy atom. The summed E-state index contributed by atoms with van der Waals surface area (Å²) in [6.07, 6.45) is 6.27. The molecule has 0 radical (unpaired) electrons. The smallest absolute Gasteiger partial charge is 0.275 e. The zero-order chi connectivity index (χ0) is 15.0. The minimum absolute atomic E-state index is 0.0456. The molecule has 0 bridgehead atoms. The maximum atomic E-state index is 11.1. The Balaban J connectivity index is 1.82. The topological polar surface area (TPSA) is 74.1 Å². The molecule has 1 unspecified atom stereocenters. The van der Waals surface area contributed by atoms with Crippen molar-refractivity contribution in [3.05, 3.63) is 62.9 Å². The third-order valence-electron chi connectivity index (χ3n) is 3.89.